The molecule has 1 amide bonds. The molecule has 4 N–H and O–H groups in total. The summed E-state index contributed by atoms with van der Waals surface area (Å²) in [6.07, 6.45) is 0.241. The highest BCUT2D eigenvalue weighted by Crippen LogP contribution is 2.38. The van der Waals surface area contributed by atoms with Crippen LogP contribution in [0, 0.1) is 0 Å². The third-order valence-corrected chi connectivity index (χ3v) is 5.41. The number of aliphatic carboxylic acids is 1. The van der Waals surface area contributed by atoms with E-state index in [0.29, 0.717) is 22.7 Å². The molecule has 2 atom stereocenters. The molecule has 0 fully saturated rings. The van der Waals surface area contributed by atoms with Gasteiger partial charge < -0.3 is 20.5 Å². The third-order valence-electron chi connectivity index (χ3n) is 5.18. The molecule has 0 saturated heterocycles. The first-order valence-electron chi connectivity index (χ1n) is 8.96. The largest absolute Gasteiger partial charge is 0.481 e. The minimum absolute atomic E-state index is 0.133. The highest BCUT2D eigenvalue weighted by atomic mass is 35.5. The number of fused-ring (bicyclic) bond motifs is 2. The highest BCUT2D eigenvalue weighted by molar-refractivity contribution is 6.31. The molecule has 3 aromatic rings. The molecule has 0 saturated carbocycles. The lowest BCUT2D eigenvalue weighted by molar-refractivity contribution is -0.143. The van der Waals surface area contributed by atoms with Gasteiger partial charge in [0.2, 0.25) is 0 Å². The van der Waals surface area contributed by atoms with E-state index in [1.54, 1.807) is 36.4 Å². The van der Waals surface area contributed by atoms with E-state index in [1.165, 1.54) is 0 Å². The van der Waals surface area contributed by atoms with Crippen LogP contribution in [0.3, 0.4) is 0 Å². The molecule has 1 aliphatic carbocycles. The average Bonchev–Trinajstić information content (AvgIpc) is 3.04. The molecule has 0 spiro atoms. The van der Waals surface area contributed by atoms with Gasteiger partial charge in [0.1, 0.15) is 11.3 Å². The van der Waals surface area contributed by atoms with Crippen molar-refractivity contribution in [2.45, 2.75) is 30.9 Å². The van der Waals surface area contributed by atoms with Gasteiger partial charge in [-0.2, -0.15) is 0 Å². The number of halogens is 1. The number of carbonyl (C=O) groups excluding carboxylic acids is 1. The summed E-state index contributed by atoms with van der Waals surface area (Å²) >= 11 is 5.99. The van der Waals surface area contributed by atoms with Gasteiger partial charge in [-0.15, -0.1) is 0 Å². The lowest BCUT2D eigenvalue weighted by Gasteiger charge is -2.38. The molecule has 1 unspecified atom stereocenters. The van der Waals surface area contributed by atoms with Crippen LogP contribution in [0.4, 0.5) is 0 Å². The van der Waals surface area contributed by atoms with Crippen LogP contribution in [0.5, 0.6) is 0 Å². The molecule has 6 nitrogen and oxygen atoms in total. The van der Waals surface area contributed by atoms with Crippen molar-refractivity contribution in [1.82, 2.24) is 10.3 Å². The Morgan fingerprint density at radius 1 is 1.21 bits per heavy atom. The summed E-state index contributed by atoms with van der Waals surface area (Å²) in [6.45, 7) is 0. The van der Waals surface area contributed by atoms with E-state index in [-0.39, 0.29) is 18.4 Å². The SMILES string of the molecule is O=C(O)C[C@]1(O)CC(NC(=O)c2cc3cc(Cl)ccc3[nH]2)Cc2ccccc21. The zero-order chi connectivity index (χ0) is 19.9. The molecule has 144 valence electrons. The minimum Gasteiger partial charge on any atom is -0.481 e. The Balaban J connectivity index is 1.59. The summed E-state index contributed by atoms with van der Waals surface area (Å²) in [5, 5.41) is 24.6. The number of aromatic nitrogens is 1. The smallest absolute Gasteiger partial charge is 0.306 e. The molecule has 28 heavy (non-hydrogen) atoms. The van der Waals surface area contributed by atoms with E-state index in [0.717, 1.165) is 16.5 Å². The minimum atomic E-state index is -1.52. The first-order valence-corrected chi connectivity index (χ1v) is 9.33. The van der Waals surface area contributed by atoms with Gasteiger partial charge >= 0.3 is 5.97 Å². The van der Waals surface area contributed by atoms with Crippen LogP contribution in [0.25, 0.3) is 10.9 Å². The van der Waals surface area contributed by atoms with Crippen LogP contribution in [-0.2, 0) is 16.8 Å². The molecule has 1 heterocycles. The van der Waals surface area contributed by atoms with Crippen LogP contribution in [-0.4, -0.2) is 33.1 Å². The number of aliphatic hydroxyl groups is 1. The predicted octanol–water partition coefficient (Wildman–Crippen LogP) is 3.23. The van der Waals surface area contributed by atoms with Gasteiger partial charge in [-0.25, -0.2) is 0 Å². The number of H-pyrrole nitrogens is 1. The first-order chi connectivity index (χ1) is 13.3. The Hall–Kier alpha value is -2.83. The quantitative estimate of drug-likeness (QED) is 0.541. The average molecular weight is 399 g/mol. The van der Waals surface area contributed by atoms with Crippen molar-refractivity contribution in [3.8, 4) is 0 Å². The van der Waals surface area contributed by atoms with Crippen LogP contribution in [0.15, 0.2) is 48.5 Å². The van der Waals surface area contributed by atoms with E-state index in [4.69, 9.17) is 11.6 Å². The maximum Gasteiger partial charge on any atom is 0.306 e. The summed E-state index contributed by atoms with van der Waals surface area (Å²) in [7, 11) is 0. The van der Waals surface area contributed by atoms with E-state index < -0.39 is 18.0 Å². The van der Waals surface area contributed by atoms with Crippen molar-refractivity contribution in [3.05, 3.63) is 70.4 Å². The Labute approximate surface area is 166 Å². The Morgan fingerprint density at radius 2 is 2.00 bits per heavy atom. The zero-order valence-corrected chi connectivity index (χ0v) is 15.7. The summed E-state index contributed by atoms with van der Waals surface area (Å²) in [4.78, 5) is 27.1. The fraction of sp³-hybridized carbons (Fsp3) is 0.238. The molecule has 2 aromatic carbocycles. The molecular formula is C21H19ClN2O4. The molecule has 7 heteroatoms. The summed E-state index contributed by atoms with van der Waals surface area (Å²) < 4.78 is 0. The number of benzene rings is 2. The van der Waals surface area contributed by atoms with Gasteiger partial charge in [-0.3, -0.25) is 9.59 Å². The number of nitrogens with one attached hydrogen (secondary N) is 2. The number of hydrogen-bond donors (Lipinski definition) is 4. The molecule has 0 aliphatic heterocycles. The number of carboxylic acid groups (broad SMARTS) is 1. The second-order valence-corrected chi connectivity index (χ2v) is 7.69. The van der Waals surface area contributed by atoms with E-state index in [2.05, 4.69) is 10.3 Å². The highest BCUT2D eigenvalue weighted by Gasteiger charge is 2.40. The van der Waals surface area contributed by atoms with Gasteiger partial charge in [0.15, 0.2) is 0 Å². The number of aromatic amines is 1. The van der Waals surface area contributed by atoms with Crippen LogP contribution in [0.1, 0.15) is 34.5 Å². The van der Waals surface area contributed by atoms with Crippen molar-refractivity contribution in [1.29, 1.82) is 0 Å². The Morgan fingerprint density at radius 3 is 2.79 bits per heavy atom. The topological polar surface area (TPSA) is 102 Å². The maximum absolute atomic E-state index is 12.7. The molecule has 1 aromatic heterocycles. The van der Waals surface area contributed by atoms with Gasteiger partial charge in [-0.1, -0.05) is 35.9 Å². The number of rotatable bonds is 4. The first kappa shape index (κ1) is 18.5. The van der Waals surface area contributed by atoms with Gasteiger partial charge in [0.25, 0.3) is 5.91 Å². The summed E-state index contributed by atoms with van der Waals surface area (Å²) in [5.41, 5.74) is 1.12. The van der Waals surface area contributed by atoms with E-state index in [1.807, 2.05) is 12.1 Å². The lowest BCUT2D eigenvalue weighted by atomic mass is 9.75. The van der Waals surface area contributed by atoms with Crippen molar-refractivity contribution in [3.63, 3.8) is 0 Å². The van der Waals surface area contributed by atoms with Crippen LogP contribution in [0.2, 0.25) is 5.02 Å². The Bertz CT molecular complexity index is 1080. The fourth-order valence-corrected chi connectivity index (χ4v) is 4.20. The summed E-state index contributed by atoms with van der Waals surface area (Å²) in [5.74, 6) is -1.40. The molecule has 0 radical (unpaired) electrons. The third kappa shape index (κ3) is 3.48. The normalized spacial score (nSPS) is 21.3. The number of carboxylic acids is 1. The van der Waals surface area contributed by atoms with Gasteiger partial charge in [-0.05, 0) is 41.8 Å². The Kier molecular flexibility index (Phi) is 4.61. The number of carbonyl (C=O) groups is 2. The summed E-state index contributed by atoms with van der Waals surface area (Å²) in [6, 6.07) is 13.9. The van der Waals surface area contributed by atoms with Gasteiger partial charge in [0.05, 0.1) is 6.42 Å². The number of hydrogen-bond acceptors (Lipinski definition) is 3. The van der Waals surface area contributed by atoms with Crippen molar-refractivity contribution in [2.75, 3.05) is 0 Å². The maximum atomic E-state index is 12.7. The van der Waals surface area contributed by atoms with Crippen LogP contribution >= 0.6 is 11.6 Å². The number of amides is 1. The van der Waals surface area contributed by atoms with Crippen molar-refractivity contribution < 1.29 is 19.8 Å². The predicted molar refractivity (Wildman–Crippen MR) is 105 cm³/mol. The van der Waals surface area contributed by atoms with E-state index in [9.17, 15) is 19.8 Å². The van der Waals surface area contributed by atoms with Crippen molar-refractivity contribution >= 4 is 34.4 Å². The molecule has 1 aliphatic rings. The van der Waals surface area contributed by atoms with Gasteiger partial charge in [0, 0.05) is 28.4 Å². The second-order valence-electron chi connectivity index (χ2n) is 7.25. The van der Waals surface area contributed by atoms with E-state index >= 15 is 0 Å². The standard InChI is InChI=1S/C21H19ClN2O4/c22-14-5-6-17-13(7-14)9-18(24-17)20(27)23-15-8-12-3-1-2-4-16(12)21(28,10-15)11-19(25)26/h1-7,9,15,24,28H,8,10-11H2,(H,23,27)(H,25,26)/t15?,21-/m1/s1. The fourth-order valence-electron chi connectivity index (χ4n) is 4.02. The molecular weight excluding hydrogens is 380 g/mol. The van der Waals surface area contributed by atoms with Crippen molar-refractivity contribution in [2.24, 2.45) is 0 Å². The zero-order valence-electron chi connectivity index (χ0n) is 14.9. The lowest BCUT2D eigenvalue weighted by Crippen LogP contribution is -2.47. The van der Waals surface area contributed by atoms with Crippen LogP contribution < -0.4 is 5.32 Å². The monoisotopic (exact) mass is 398 g/mol. The second kappa shape index (κ2) is 6.96. The molecule has 4 rings (SSSR count). The molecule has 0 bridgehead atoms.